The van der Waals surface area contributed by atoms with Crippen LogP contribution in [-0.2, 0) is 13.0 Å². The second kappa shape index (κ2) is 8.70. The van der Waals surface area contributed by atoms with E-state index in [0.717, 1.165) is 43.1 Å². The van der Waals surface area contributed by atoms with Crippen LogP contribution in [0.15, 0.2) is 12.3 Å². The largest absolute Gasteiger partial charge is 0.295 e. The van der Waals surface area contributed by atoms with Crippen molar-refractivity contribution in [3.8, 4) is 0 Å². The predicted octanol–water partition coefficient (Wildman–Crippen LogP) is 4.33. The maximum Gasteiger partial charge on any atom is 0.276 e. The minimum atomic E-state index is -0.489. The summed E-state index contributed by atoms with van der Waals surface area (Å²) in [5, 5.41) is 8.89. The molecule has 150 valence electrons. The second-order valence-corrected chi connectivity index (χ2v) is 8.62. The maximum atomic E-state index is 11.7. The smallest absolute Gasteiger partial charge is 0.276 e. The molecule has 1 fully saturated rings. The van der Waals surface area contributed by atoms with Crippen molar-refractivity contribution in [2.45, 2.75) is 84.7 Å². The summed E-state index contributed by atoms with van der Waals surface area (Å²) in [6.45, 7) is 8.97. The standard InChI is InChI=1S/C22H35N3O2/c1-4-19-12-20-18(11-17(13-23-20)21(26)24-27)15-25(19)14-16-7-9-22(5-2,6-3)10-8-16/h11,13,16,19,27H,4-10,12,14-15H2,1-3H3,(H,24,26)/t19-/m0/s1. The Balaban J connectivity index is 1.68. The molecule has 1 aromatic rings. The average molecular weight is 374 g/mol. The highest BCUT2D eigenvalue weighted by atomic mass is 16.5. The highest BCUT2D eigenvalue weighted by molar-refractivity contribution is 5.93. The van der Waals surface area contributed by atoms with Crippen molar-refractivity contribution in [1.29, 1.82) is 0 Å². The van der Waals surface area contributed by atoms with Gasteiger partial charge in [0.05, 0.1) is 5.56 Å². The van der Waals surface area contributed by atoms with Crippen LogP contribution in [0, 0.1) is 11.3 Å². The molecule has 3 rings (SSSR count). The molecule has 2 N–H and O–H groups in total. The van der Waals surface area contributed by atoms with E-state index in [4.69, 9.17) is 5.21 Å². The Labute approximate surface area is 163 Å². The first kappa shape index (κ1) is 20.3. The molecule has 2 aliphatic rings. The number of carbonyl (C=O) groups is 1. The van der Waals surface area contributed by atoms with Crippen molar-refractivity contribution in [3.05, 3.63) is 29.1 Å². The summed E-state index contributed by atoms with van der Waals surface area (Å²) >= 11 is 0. The third kappa shape index (κ3) is 4.35. The van der Waals surface area contributed by atoms with Gasteiger partial charge in [-0.3, -0.25) is 19.9 Å². The molecular weight excluding hydrogens is 338 g/mol. The number of hydroxylamine groups is 1. The molecule has 1 amide bonds. The molecule has 0 radical (unpaired) electrons. The fourth-order valence-corrected chi connectivity index (χ4v) is 5.13. The fraction of sp³-hybridized carbons (Fsp3) is 0.727. The molecule has 2 heterocycles. The van der Waals surface area contributed by atoms with Crippen molar-refractivity contribution in [2.75, 3.05) is 6.54 Å². The Morgan fingerprint density at radius 3 is 2.59 bits per heavy atom. The number of nitrogens with zero attached hydrogens (tertiary/aromatic N) is 2. The summed E-state index contributed by atoms with van der Waals surface area (Å²) in [6, 6.07) is 2.43. The van der Waals surface area contributed by atoms with Crippen LogP contribution < -0.4 is 5.48 Å². The number of hydrogen-bond donors (Lipinski definition) is 2. The molecule has 0 bridgehead atoms. The summed E-state index contributed by atoms with van der Waals surface area (Å²) in [4.78, 5) is 18.8. The van der Waals surface area contributed by atoms with Crippen LogP contribution in [0.1, 0.15) is 87.3 Å². The van der Waals surface area contributed by atoms with Crippen LogP contribution in [0.3, 0.4) is 0 Å². The Hall–Kier alpha value is -1.46. The number of rotatable bonds is 6. The van der Waals surface area contributed by atoms with Crippen molar-refractivity contribution < 1.29 is 10.0 Å². The molecule has 27 heavy (non-hydrogen) atoms. The zero-order valence-corrected chi connectivity index (χ0v) is 17.1. The molecule has 0 saturated heterocycles. The van der Waals surface area contributed by atoms with E-state index in [0.29, 0.717) is 17.0 Å². The van der Waals surface area contributed by atoms with Gasteiger partial charge >= 0.3 is 0 Å². The zero-order chi connectivity index (χ0) is 19.4. The van der Waals surface area contributed by atoms with Gasteiger partial charge in [-0.05, 0) is 55.1 Å². The molecule has 1 saturated carbocycles. The van der Waals surface area contributed by atoms with Gasteiger partial charge in [-0.2, -0.15) is 0 Å². The zero-order valence-electron chi connectivity index (χ0n) is 17.1. The van der Waals surface area contributed by atoms with Crippen LogP contribution in [0.2, 0.25) is 0 Å². The lowest BCUT2D eigenvalue weighted by Crippen LogP contribution is -2.44. The Morgan fingerprint density at radius 1 is 1.30 bits per heavy atom. The molecule has 5 heteroatoms. The van der Waals surface area contributed by atoms with Gasteiger partial charge in [-0.25, -0.2) is 5.48 Å². The first-order valence-electron chi connectivity index (χ1n) is 10.7. The Bertz CT molecular complexity index is 647. The lowest BCUT2D eigenvalue weighted by molar-refractivity contribution is 0.0704. The Morgan fingerprint density at radius 2 is 2.00 bits per heavy atom. The normalized spacial score (nSPS) is 23.0. The topological polar surface area (TPSA) is 65.5 Å². The molecule has 1 aliphatic heterocycles. The van der Waals surface area contributed by atoms with E-state index in [1.54, 1.807) is 11.7 Å². The van der Waals surface area contributed by atoms with Crippen LogP contribution >= 0.6 is 0 Å². The fourth-order valence-electron chi connectivity index (χ4n) is 5.13. The summed E-state index contributed by atoms with van der Waals surface area (Å²) in [6.07, 6.45) is 11.7. The number of carbonyl (C=O) groups excluding carboxylic acids is 1. The molecule has 0 aromatic carbocycles. The van der Waals surface area contributed by atoms with Crippen molar-refractivity contribution >= 4 is 5.91 Å². The number of pyridine rings is 1. The maximum absolute atomic E-state index is 11.7. The summed E-state index contributed by atoms with van der Waals surface area (Å²) in [7, 11) is 0. The van der Waals surface area contributed by atoms with Gasteiger partial charge in [-0.15, -0.1) is 0 Å². The van der Waals surface area contributed by atoms with Gasteiger partial charge in [0.1, 0.15) is 0 Å². The summed E-state index contributed by atoms with van der Waals surface area (Å²) in [5.41, 5.74) is 4.97. The van der Waals surface area contributed by atoms with Crippen molar-refractivity contribution in [2.24, 2.45) is 11.3 Å². The van der Waals surface area contributed by atoms with Gasteiger partial charge in [0, 0.05) is 37.4 Å². The van der Waals surface area contributed by atoms with E-state index in [1.165, 1.54) is 38.5 Å². The van der Waals surface area contributed by atoms with E-state index < -0.39 is 5.91 Å². The molecular formula is C22H35N3O2. The van der Waals surface area contributed by atoms with Crippen LogP contribution in [0.4, 0.5) is 0 Å². The molecule has 5 nitrogen and oxygen atoms in total. The summed E-state index contributed by atoms with van der Waals surface area (Å²) < 4.78 is 0. The molecule has 0 unspecified atom stereocenters. The van der Waals surface area contributed by atoms with Gasteiger partial charge in [0.2, 0.25) is 0 Å². The van der Waals surface area contributed by atoms with Gasteiger partial charge in [-0.1, -0.05) is 33.6 Å². The quantitative estimate of drug-likeness (QED) is 0.575. The van der Waals surface area contributed by atoms with E-state index in [-0.39, 0.29) is 0 Å². The summed E-state index contributed by atoms with van der Waals surface area (Å²) in [5.74, 6) is 0.293. The van der Waals surface area contributed by atoms with Crippen LogP contribution in [0.25, 0.3) is 0 Å². The number of hydrogen-bond acceptors (Lipinski definition) is 4. The predicted molar refractivity (Wildman–Crippen MR) is 107 cm³/mol. The number of aromatic nitrogens is 1. The highest BCUT2D eigenvalue weighted by Crippen LogP contribution is 2.44. The molecule has 1 aromatic heterocycles. The second-order valence-electron chi connectivity index (χ2n) is 8.62. The lowest BCUT2D eigenvalue weighted by atomic mass is 9.67. The number of amides is 1. The monoisotopic (exact) mass is 373 g/mol. The molecule has 1 atom stereocenters. The first-order chi connectivity index (χ1) is 13.0. The third-order valence-corrected chi connectivity index (χ3v) is 7.37. The van der Waals surface area contributed by atoms with Crippen molar-refractivity contribution in [3.63, 3.8) is 0 Å². The Kier molecular flexibility index (Phi) is 6.53. The lowest BCUT2D eigenvalue weighted by Gasteiger charge is -2.43. The van der Waals surface area contributed by atoms with E-state index >= 15 is 0 Å². The van der Waals surface area contributed by atoms with Gasteiger partial charge in [0.15, 0.2) is 0 Å². The average Bonchev–Trinajstić information content (AvgIpc) is 2.73. The number of nitrogens with one attached hydrogen (secondary N) is 1. The van der Waals surface area contributed by atoms with E-state index in [2.05, 4.69) is 30.7 Å². The van der Waals surface area contributed by atoms with Gasteiger partial charge in [0.25, 0.3) is 5.91 Å². The SMILES string of the molecule is CC[C@H]1Cc2ncc(C(=O)NO)cc2CN1CC1CCC(CC)(CC)CC1. The minimum Gasteiger partial charge on any atom is -0.295 e. The highest BCUT2D eigenvalue weighted by Gasteiger charge is 2.34. The molecule has 1 aliphatic carbocycles. The van der Waals surface area contributed by atoms with Crippen molar-refractivity contribution in [1.82, 2.24) is 15.4 Å². The van der Waals surface area contributed by atoms with Crippen LogP contribution in [0.5, 0.6) is 0 Å². The first-order valence-corrected chi connectivity index (χ1v) is 10.7. The number of fused-ring (bicyclic) bond motifs is 1. The van der Waals surface area contributed by atoms with E-state index in [1.807, 2.05) is 6.07 Å². The minimum absolute atomic E-state index is 0.430. The van der Waals surface area contributed by atoms with Gasteiger partial charge < -0.3 is 0 Å². The van der Waals surface area contributed by atoms with Crippen LogP contribution in [-0.4, -0.2) is 33.6 Å². The third-order valence-electron chi connectivity index (χ3n) is 7.37. The van der Waals surface area contributed by atoms with E-state index in [9.17, 15) is 4.79 Å². The molecule has 0 spiro atoms.